The lowest BCUT2D eigenvalue weighted by Gasteiger charge is -2.35. The largest absolute Gasteiger partial charge is 0.497 e. The number of benzene rings is 2. The second kappa shape index (κ2) is 9.59. The summed E-state index contributed by atoms with van der Waals surface area (Å²) < 4.78 is 28.2. The van der Waals surface area contributed by atoms with Crippen molar-refractivity contribution in [2.75, 3.05) is 25.5 Å². The number of hydrogen-bond acceptors (Lipinski definition) is 5. The third-order valence-corrected chi connectivity index (χ3v) is 6.60. The van der Waals surface area contributed by atoms with Gasteiger partial charge in [0.2, 0.25) is 15.9 Å². The number of carbonyl (C=O) groups excluding carboxylic acids is 1. The number of sulfonamides is 1. The van der Waals surface area contributed by atoms with Crippen LogP contribution in [0.1, 0.15) is 25.3 Å². The maximum atomic E-state index is 12.7. The molecule has 162 valence electrons. The lowest BCUT2D eigenvalue weighted by Crippen LogP contribution is -2.46. The Morgan fingerprint density at radius 1 is 1.20 bits per heavy atom. The molecule has 0 saturated carbocycles. The minimum Gasteiger partial charge on any atom is -0.497 e. The first-order chi connectivity index (χ1) is 14.3. The van der Waals surface area contributed by atoms with Crippen LogP contribution in [0.15, 0.2) is 53.4 Å². The third-order valence-electron chi connectivity index (χ3n) is 5.69. The number of nitrogens with two attached hydrogens (primary N) is 1. The Morgan fingerprint density at radius 3 is 2.47 bits per heavy atom. The van der Waals surface area contributed by atoms with Crippen molar-refractivity contribution in [3.63, 3.8) is 0 Å². The van der Waals surface area contributed by atoms with E-state index in [0.29, 0.717) is 11.6 Å². The van der Waals surface area contributed by atoms with E-state index in [0.717, 1.165) is 38.1 Å². The summed E-state index contributed by atoms with van der Waals surface area (Å²) in [7, 11) is -2.14. The Hall–Kier alpha value is -2.42. The summed E-state index contributed by atoms with van der Waals surface area (Å²) in [6.45, 7) is 3.59. The number of ether oxygens (including phenoxy) is 1. The molecule has 2 aromatic carbocycles. The number of amides is 1. The summed E-state index contributed by atoms with van der Waals surface area (Å²) in [5.74, 6) is 1.30. The van der Waals surface area contributed by atoms with Crippen LogP contribution >= 0.6 is 0 Å². The van der Waals surface area contributed by atoms with Gasteiger partial charge < -0.3 is 10.1 Å². The normalized spacial score (nSPS) is 16.8. The molecule has 0 bridgehead atoms. The number of piperidine rings is 1. The number of rotatable bonds is 7. The van der Waals surface area contributed by atoms with E-state index in [2.05, 4.69) is 22.3 Å². The molecule has 0 aromatic heterocycles. The van der Waals surface area contributed by atoms with Crippen LogP contribution in [0.4, 0.5) is 5.69 Å². The zero-order valence-corrected chi connectivity index (χ0v) is 18.2. The highest BCUT2D eigenvalue weighted by atomic mass is 32.2. The number of methoxy groups -OCH3 is 1. The van der Waals surface area contributed by atoms with Crippen molar-refractivity contribution in [1.82, 2.24) is 4.90 Å². The van der Waals surface area contributed by atoms with Gasteiger partial charge in [-0.3, -0.25) is 9.69 Å². The minimum atomic E-state index is -3.81. The molecule has 1 aliphatic heterocycles. The Balaban J connectivity index is 1.52. The van der Waals surface area contributed by atoms with Crippen molar-refractivity contribution < 1.29 is 17.9 Å². The second-order valence-electron chi connectivity index (χ2n) is 7.77. The van der Waals surface area contributed by atoms with E-state index in [1.165, 1.54) is 17.7 Å². The van der Waals surface area contributed by atoms with Crippen LogP contribution in [-0.4, -0.2) is 45.5 Å². The van der Waals surface area contributed by atoms with Crippen molar-refractivity contribution in [2.24, 2.45) is 11.1 Å². The second-order valence-corrected chi connectivity index (χ2v) is 9.33. The van der Waals surface area contributed by atoms with Crippen molar-refractivity contribution in [3.8, 4) is 5.75 Å². The molecule has 1 aliphatic rings. The van der Waals surface area contributed by atoms with Crippen LogP contribution in [0.3, 0.4) is 0 Å². The maximum Gasteiger partial charge on any atom is 0.241 e. The molecule has 30 heavy (non-hydrogen) atoms. The fourth-order valence-corrected chi connectivity index (χ4v) is 4.36. The number of anilines is 1. The number of likely N-dealkylation sites (tertiary alicyclic amines) is 1. The predicted molar refractivity (Wildman–Crippen MR) is 117 cm³/mol. The third kappa shape index (κ3) is 5.81. The molecule has 1 heterocycles. The van der Waals surface area contributed by atoms with Gasteiger partial charge in [-0.2, -0.15) is 0 Å². The van der Waals surface area contributed by atoms with Gasteiger partial charge in [-0.05, 0) is 81.1 Å². The summed E-state index contributed by atoms with van der Waals surface area (Å²) >= 11 is 0. The first-order valence-electron chi connectivity index (χ1n) is 10.1. The number of primary sulfonamides is 1. The summed E-state index contributed by atoms with van der Waals surface area (Å²) in [6, 6.07) is 13.9. The molecule has 0 spiro atoms. The van der Waals surface area contributed by atoms with Gasteiger partial charge in [0.25, 0.3) is 0 Å². The predicted octanol–water partition coefficient (Wildman–Crippen LogP) is 2.62. The highest BCUT2D eigenvalue weighted by Crippen LogP contribution is 2.24. The fraction of sp³-hybridized carbons (Fsp3) is 0.409. The number of hydrogen-bond donors (Lipinski definition) is 2. The topological polar surface area (TPSA) is 102 Å². The van der Waals surface area contributed by atoms with E-state index in [9.17, 15) is 13.2 Å². The van der Waals surface area contributed by atoms with Crippen molar-refractivity contribution >= 4 is 21.6 Å². The number of nitrogens with zero attached hydrogens (tertiary/aromatic N) is 1. The molecule has 0 aliphatic carbocycles. The summed E-state index contributed by atoms with van der Waals surface area (Å²) in [6.07, 6.45) is 3.09. The van der Waals surface area contributed by atoms with Crippen LogP contribution in [0.25, 0.3) is 0 Å². The number of carbonyl (C=O) groups is 1. The van der Waals surface area contributed by atoms with E-state index in [-0.39, 0.29) is 16.8 Å². The molecule has 1 fully saturated rings. The van der Waals surface area contributed by atoms with Gasteiger partial charge in [-0.1, -0.05) is 18.2 Å². The van der Waals surface area contributed by atoms with E-state index in [4.69, 9.17) is 9.88 Å². The van der Waals surface area contributed by atoms with Crippen LogP contribution < -0.4 is 15.2 Å². The summed E-state index contributed by atoms with van der Waals surface area (Å²) in [4.78, 5) is 14.8. The smallest absolute Gasteiger partial charge is 0.241 e. The van der Waals surface area contributed by atoms with Crippen LogP contribution in [0.2, 0.25) is 0 Å². The molecule has 7 nitrogen and oxygen atoms in total. The first kappa shape index (κ1) is 22.3. The lowest BCUT2D eigenvalue weighted by atomic mass is 9.89. The summed E-state index contributed by atoms with van der Waals surface area (Å²) in [5, 5.41) is 7.96. The average Bonchev–Trinajstić information content (AvgIpc) is 2.74. The van der Waals surface area contributed by atoms with Crippen molar-refractivity contribution in [2.45, 2.75) is 37.1 Å². The standard InChI is InChI=1S/C22H29N3O4S/c1-16(22(26)24-19-4-3-5-21(15-19)30(23,27)28)25-12-10-18(11-13-25)14-17-6-8-20(29-2)9-7-17/h3-9,15-16,18H,10-14H2,1-2H3,(H,24,26)(H2,23,27,28). The Bertz CT molecular complexity index is 968. The highest BCUT2D eigenvalue weighted by molar-refractivity contribution is 7.89. The van der Waals surface area contributed by atoms with E-state index in [1.807, 2.05) is 19.1 Å². The van der Waals surface area contributed by atoms with Crippen LogP contribution in [0, 0.1) is 5.92 Å². The van der Waals surface area contributed by atoms with Crippen molar-refractivity contribution in [1.29, 1.82) is 0 Å². The minimum absolute atomic E-state index is 0.0210. The van der Waals surface area contributed by atoms with Gasteiger partial charge in [-0.25, -0.2) is 13.6 Å². The molecular weight excluding hydrogens is 402 g/mol. The first-order valence-corrected chi connectivity index (χ1v) is 11.6. The molecule has 0 radical (unpaired) electrons. The van der Waals surface area contributed by atoms with E-state index < -0.39 is 10.0 Å². The van der Waals surface area contributed by atoms with Crippen LogP contribution in [-0.2, 0) is 21.2 Å². The van der Waals surface area contributed by atoms with Gasteiger partial charge in [0.15, 0.2) is 0 Å². The van der Waals surface area contributed by atoms with Crippen molar-refractivity contribution in [3.05, 3.63) is 54.1 Å². The molecule has 1 saturated heterocycles. The quantitative estimate of drug-likeness (QED) is 0.702. The molecule has 3 rings (SSSR count). The van der Waals surface area contributed by atoms with Gasteiger partial charge in [0, 0.05) is 5.69 Å². The van der Waals surface area contributed by atoms with E-state index in [1.54, 1.807) is 19.2 Å². The highest BCUT2D eigenvalue weighted by Gasteiger charge is 2.27. The molecule has 8 heteroatoms. The van der Waals surface area contributed by atoms with Gasteiger partial charge in [0.1, 0.15) is 5.75 Å². The molecular formula is C22H29N3O4S. The fourth-order valence-electron chi connectivity index (χ4n) is 3.80. The van der Waals surface area contributed by atoms with Crippen LogP contribution in [0.5, 0.6) is 5.75 Å². The molecule has 3 N–H and O–H groups in total. The zero-order chi connectivity index (χ0) is 21.7. The Kier molecular flexibility index (Phi) is 7.12. The molecule has 1 unspecified atom stereocenters. The molecule has 2 aromatic rings. The zero-order valence-electron chi connectivity index (χ0n) is 17.4. The van der Waals surface area contributed by atoms with Gasteiger partial charge in [0.05, 0.1) is 18.0 Å². The average molecular weight is 432 g/mol. The molecule has 1 amide bonds. The Labute approximate surface area is 178 Å². The Morgan fingerprint density at radius 2 is 1.87 bits per heavy atom. The van der Waals surface area contributed by atoms with E-state index >= 15 is 0 Å². The maximum absolute atomic E-state index is 12.7. The summed E-state index contributed by atoms with van der Waals surface area (Å²) in [5.41, 5.74) is 1.72. The van der Waals surface area contributed by atoms with Gasteiger partial charge >= 0.3 is 0 Å². The SMILES string of the molecule is COc1ccc(CC2CCN(C(C)C(=O)Nc3cccc(S(N)(=O)=O)c3)CC2)cc1. The van der Waals surface area contributed by atoms with Gasteiger partial charge in [-0.15, -0.1) is 0 Å². The number of nitrogens with one attached hydrogen (secondary N) is 1. The molecule has 1 atom stereocenters. The lowest BCUT2D eigenvalue weighted by molar-refractivity contribution is -0.121. The monoisotopic (exact) mass is 431 g/mol.